The highest BCUT2D eigenvalue weighted by atomic mass is 19.4. The number of benzene rings is 2. The molecule has 5 rings (SSSR count). The van der Waals surface area contributed by atoms with Gasteiger partial charge in [-0.2, -0.15) is 13.2 Å². The SMILES string of the molecule is Cc1ccc(CC23CCN(C(=O)[C@H]4CC[C@H](C(=O)O)CC4)C2CCc2cc(C(C)(F)C(F)(F)F)ccc23)cc1. The van der Waals surface area contributed by atoms with E-state index in [0.717, 1.165) is 22.3 Å². The first-order chi connectivity index (χ1) is 18.3. The van der Waals surface area contributed by atoms with Crippen molar-refractivity contribution in [2.75, 3.05) is 6.54 Å². The molecule has 0 spiro atoms. The van der Waals surface area contributed by atoms with Crippen molar-refractivity contribution in [3.63, 3.8) is 0 Å². The molecule has 0 bridgehead atoms. The van der Waals surface area contributed by atoms with E-state index in [-0.39, 0.29) is 23.4 Å². The van der Waals surface area contributed by atoms with Gasteiger partial charge in [-0.15, -0.1) is 0 Å². The summed E-state index contributed by atoms with van der Waals surface area (Å²) >= 11 is 0. The third-order valence-electron chi connectivity index (χ3n) is 9.57. The van der Waals surface area contributed by atoms with Gasteiger partial charge in [0, 0.05) is 23.9 Å². The van der Waals surface area contributed by atoms with Crippen molar-refractivity contribution in [2.24, 2.45) is 11.8 Å². The molecule has 3 unspecified atom stereocenters. The molecule has 1 heterocycles. The lowest BCUT2D eigenvalue weighted by Crippen LogP contribution is -2.51. The van der Waals surface area contributed by atoms with E-state index in [0.29, 0.717) is 64.8 Å². The summed E-state index contributed by atoms with van der Waals surface area (Å²) < 4.78 is 55.4. The molecule has 2 fully saturated rings. The van der Waals surface area contributed by atoms with E-state index >= 15 is 0 Å². The first kappa shape index (κ1) is 27.7. The van der Waals surface area contributed by atoms with Crippen LogP contribution in [-0.4, -0.2) is 40.6 Å². The fourth-order valence-corrected chi connectivity index (χ4v) is 7.18. The van der Waals surface area contributed by atoms with Gasteiger partial charge < -0.3 is 10.0 Å². The molecule has 0 radical (unpaired) electrons. The van der Waals surface area contributed by atoms with Crippen molar-refractivity contribution in [1.82, 2.24) is 4.90 Å². The molecule has 210 valence electrons. The topological polar surface area (TPSA) is 57.6 Å². The van der Waals surface area contributed by atoms with E-state index < -0.39 is 29.1 Å². The molecule has 3 atom stereocenters. The first-order valence-electron chi connectivity index (χ1n) is 13.8. The minimum absolute atomic E-state index is 0.0584. The second-order valence-electron chi connectivity index (χ2n) is 11.9. The molecule has 2 aromatic rings. The van der Waals surface area contributed by atoms with Gasteiger partial charge in [-0.3, -0.25) is 9.59 Å². The van der Waals surface area contributed by atoms with E-state index in [9.17, 15) is 32.3 Å². The highest BCUT2D eigenvalue weighted by Crippen LogP contribution is 2.51. The Morgan fingerprint density at radius 3 is 2.23 bits per heavy atom. The Morgan fingerprint density at radius 2 is 1.62 bits per heavy atom. The summed E-state index contributed by atoms with van der Waals surface area (Å²) in [6.45, 7) is 3.11. The van der Waals surface area contributed by atoms with Crippen LogP contribution in [0.15, 0.2) is 42.5 Å². The molecule has 0 aromatic heterocycles. The Balaban J connectivity index is 1.49. The number of aliphatic carboxylic acids is 1. The van der Waals surface area contributed by atoms with E-state index in [1.807, 2.05) is 24.0 Å². The minimum atomic E-state index is -5.02. The molecule has 39 heavy (non-hydrogen) atoms. The second-order valence-corrected chi connectivity index (χ2v) is 11.9. The van der Waals surface area contributed by atoms with Crippen molar-refractivity contribution >= 4 is 11.9 Å². The normalized spacial score (nSPS) is 28.4. The molecule has 1 saturated carbocycles. The zero-order chi connectivity index (χ0) is 28.2. The molecular weight excluding hydrogens is 510 g/mol. The number of aryl methyl sites for hydroxylation is 2. The van der Waals surface area contributed by atoms with Crippen LogP contribution in [0.25, 0.3) is 0 Å². The summed E-state index contributed by atoms with van der Waals surface area (Å²) in [4.78, 5) is 27.1. The van der Waals surface area contributed by atoms with Crippen molar-refractivity contribution < 1.29 is 32.3 Å². The molecule has 3 aliphatic rings. The number of carboxylic acid groups (broad SMARTS) is 1. The van der Waals surface area contributed by atoms with Crippen LogP contribution in [0, 0.1) is 18.8 Å². The molecule has 1 aliphatic heterocycles. The Kier molecular flexibility index (Phi) is 7.04. The lowest BCUT2D eigenvalue weighted by Gasteiger charge is -2.45. The Bertz CT molecular complexity index is 1250. The van der Waals surface area contributed by atoms with Crippen LogP contribution in [0.5, 0.6) is 0 Å². The Hall–Kier alpha value is -2.90. The number of hydrogen-bond donors (Lipinski definition) is 1. The number of rotatable bonds is 5. The van der Waals surface area contributed by atoms with E-state index in [1.54, 1.807) is 6.07 Å². The second kappa shape index (κ2) is 9.93. The number of amides is 1. The molecule has 1 amide bonds. The highest BCUT2D eigenvalue weighted by molar-refractivity contribution is 5.80. The largest absolute Gasteiger partial charge is 0.481 e. The number of carbonyl (C=O) groups excluding carboxylic acids is 1. The molecule has 2 aromatic carbocycles. The zero-order valence-corrected chi connectivity index (χ0v) is 22.4. The molecule has 2 aliphatic carbocycles. The molecule has 1 saturated heterocycles. The Labute approximate surface area is 226 Å². The predicted octanol–water partition coefficient (Wildman–Crippen LogP) is 6.66. The number of nitrogens with zero attached hydrogens (tertiary/aromatic N) is 1. The van der Waals surface area contributed by atoms with Crippen LogP contribution in [0.3, 0.4) is 0 Å². The summed E-state index contributed by atoms with van der Waals surface area (Å²) in [6, 6.07) is 12.4. The average molecular weight is 546 g/mol. The van der Waals surface area contributed by atoms with Gasteiger partial charge in [0.25, 0.3) is 0 Å². The van der Waals surface area contributed by atoms with Crippen LogP contribution in [-0.2, 0) is 33.5 Å². The lowest BCUT2D eigenvalue weighted by atomic mass is 9.63. The molecular formula is C31H35F4NO3. The number of carboxylic acids is 1. The van der Waals surface area contributed by atoms with Gasteiger partial charge in [0.15, 0.2) is 0 Å². The van der Waals surface area contributed by atoms with E-state index in [4.69, 9.17) is 0 Å². The monoisotopic (exact) mass is 545 g/mol. The predicted molar refractivity (Wildman–Crippen MR) is 139 cm³/mol. The third kappa shape index (κ3) is 4.84. The van der Waals surface area contributed by atoms with Gasteiger partial charge in [0.1, 0.15) is 0 Å². The number of alkyl halides is 4. The maximum absolute atomic E-state index is 14.9. The smallest absolute Gasteiger partial charge is 0.426 e. The van der Waals surface area contributed by atoms with Crippen LogP contribution in [0.1, 0.15) is 73.3 Å². The van der Waals surface area contributed by atoms with Gasteiger partial charge in [-0.1, -0.05) is 48.0 Å². The number of fused-ring (bicyclic) bond motifs is 3. The number of likely N-dealkylation sites (tertiary alicyclic amines) is 1. The number of carbonyl (C=O) groups is 2. The lowest BCUT2D eigenvalue weighted by molar-refractivity contribution is -0.228. The zero-order valence-electron chi connectivity index (χ0n) is 22.4. The van der Waals surface area contributed by atoms with E-state index in [1.165, 1.54) is 12.1 Å². The standard InChI is InChI=1S/C31H35F4NO3/c1-19-3-5-20(6-4-19)18-30-15-16-36(27(37)21-7-9-22(10-8-21)28(38)39)26(30)14-11-23-17-24(12-13-25(23)30)29(2,32)31(33,34)35/h3-6,12-13,17,21-22,26H,7-11,14-16,18H2,1-2H3,(H,38,39)/t21-,22-,26?,29?,30?. The fourth-order valence-electron chi connectivity index (χ4n) is 7.18. The highest BCUT2D eigenvalue weighted by Gasteiger charge is 2.56. The van der Waals surface area contributed by atoms with Crippen LogP contribution < -0.4 is 0 Å². The van der Waals surface area contributed by atoms with Crippen molar-refractivity contribution in [3.8, 4) is 0 Å². The average Bonchev–Trinajstić information content (AvgIpc) is 3.28. The number of hydrogen-bond acceptors (Lipinski definition) is 2. The number of halogens is 4. The summed E-state index contributed by atoms with van der Waals surface area (Å²) in [7, 11) is 0. The van der Waals surface area contributed by atoms with Gasteiger partial charge in [-0.25, -0.2) is 4.39 Å². The molecule has 8 heteroatoms. The Morgan fingerprint density at radius 1 is 0.974 bits per heavy atom. The summed E-state index contributed by atoms with van der Waals surface area (Å²) in [5, 5.41) is 9.35. The van der Waals surface area contributed by atoms with Crippen LogP contribution in [0.2, 0.25) is 0 Å². The van der Waals surface area contributed by atoms with Gasteiger partial charge >= 0.3 is 12.1 Å². The van der Waals surface area contributed by atoms with Gasteiger partial charge in [-0.05, 0) is 87.5 Å². The molecule has 4 nitrogen and oxygen atoms in total. The molecule has 1 N–H and O–H groups in total. The summed E-state index contributed by atoms with van der Waals surface area (Å²) in [6.07, 6.45) is -0.578. The minimum Gasteiger partial charge on any atom is -0.481 e. The quantitative estimate of drug-likeness (QED) is 0.428. The van der Waals surface area contributed by atoms with Crippen LogP contribution in [0.4, 0.5) is 17.6 Å². The van der Waals surface area contributed by atoms with Crippen molar-refractivity contribution in [1.29, 1.82) is 0 Å². The summed E-state index contributed by atoms with van der Waals surface area (Å²) in [5.74, 6) is -1.36. The maximum Gasteiger partial charge on any atom is 0.426 e. The summed E-state index contributed by atoms with van der Waals surface area (Å²) in [5.41, 5.74) is -0.485. The first-order valence-corrected chi connectivity index (χ1v) is 13.8. The van der Waals surface area contributed by atoms with Gasteiger partial charge in [0.05, 0.1) is 5.92 Å². The third-order valence-corrected chi connectivity index (χ3v) is 9.57. The van der Waals surface area contributed by atoms with E-state index in [2.05, 4.69) is 12.1 Å². The van der Waals surface area contributed by atoms with Crippen molar-refractivity contribution in [3.05, 3.63) is 70.3 Å². The van der Waals surface area contributed by atoms with Crippen molar-refractivity contribution in [2.45, 2.75) is 88.5 Å². The maximum atomic E-state index is 14.9. The fraction of sp³-hybridized carbons (Fsp3) is 0.548. The van der Waals surface area contributed by atoms with Gasteiger partial charge in [0.2, 0.25) is 11.6 Å². The van der Waals surface area contributed by atoms with Crippen LogP contribution >= 0.6 is 0 Å².